The van der Waals surface area contributed by atoms with Gasteiger partial charge >= 0.3 is 0 Å². The van der Waals surface area contributed by atoms with Crippen molar-refractivity contribution >= 4 is 33.2 Å². The van der Waals surface area contributed by atoms with Crippen molar-refractivity contribution in [2.45, 2.75) is 0 Å². The Morgan fingerprint density at radius 1 is 1.09 bits per heavy atom. The summed E-state index contributed by atoms with van der Waals surface area (Å²) in [6.07, 6.45) is 3.07. The molecule has 0 aromatic carbocycles. The molecule has 1 aliphatic rings. The zero-order valence-corrected chi connectivity index (χ0v) is 12.6. The first-order valence-corrected chi connectivity index (χ1v) is 7.92. The second-order valence-corrected chi connectivity index (χ2v) is 5.97. The number of aromatic amines is 1. The first kappa shape index (κ1) is 13.2. The largest absolute Gasteiger partial charge is 0.353 e. The first-order valence-electron chi connectivity index (χ1n) is 7.04. The SMILES string of the molecule is O=c1cc(N2CCN(c3ncnc4sccc34)CC2)nc[nH]1. The molecule has 0 unspecified atom stereocenters. The molecule has 3 aromatic rings. The highest BCUT2D eigenvalue weighted by Crippen LogP contribution is 2.27. The molecule has 3 aromatic heterocycles. The minimum Gasteiger partial charge on any atom is -0.353 e. The summed E-state index contributed by atoms with van der Waals surface area (Å²) >= 11 is 1.63. The number of fused-ring (bicyclic) bond motifs is 1. The minimum atomic E-state index is -0.122. The Morgan fingerprint density at radius 2 is 1.91 bits per heavy atom. The lowest BCUT2D eigenvalue weighted by molar-refractivity contribution is 0.642. The van der Waals surface area contributed by atoms with Crippen molar-refractivity contribution in [2.24, 2.45) is 0 Å². The van der Waals surface area contributed by atoms with E-state index in [0.29, 0.717) is 0 Å². The molecule has 0 atom stereocenters. The number of hydrogen-bond acceptors (Lipinski definition) is 7. The molecule has 4 heterocycles. The summed E-state index contributed by atoms with van der Waals surface area (Å²) in [7, 11) is 0. The van der Waals surface area contributed by atoms with Gasteiger partial charge in [0.25, 0.3) is 5.56 Å². The molecular formula is C14H14N6OS. The molecule has 1 fully saturated rings. The maximum Gasteiger partial charge on any atom is 0.252 e. The van der Waals surface area contributed by atoms with Gasteiger partial charge in [-0.2, -0.15) is 0 Å². The second kappa shape index (κ2) is 5.38. The molecule has 0 aliphatic carbocycles. The van der Waals surface area contributed by atoms with Gasteiger partial charge in [0.05, 0.1) is 11.7 Å². The number of H-pyrrole nitrogens is 1. The van der Waals surface area contributed by atoms with Crippen LogP contribution in [-0.2, 0) is 0 Å². The van der Waals surface area contributed by atoms with Crippen LogP contribution in [0.25, 0.3) is 10.2 Å². The van der Waals surface area contributed by atoms with Crippen LogP contribution in [0.2, 0.25) is 0 Å². The number of aromatic nitrogens is 4. The van der Waals surface area contributed by atoms with Crippen molar-refractivity contribution in [3.63, 3.8) is 0 Å². The number of thiophene rings is 1. The van der Waals surface area contributed by atoms with Gasteiger partial charge in [0.15, 0.2) is 0 Å². The van der Waals surface area contributed by atoms with E-state index in [-0.39, 0.29) is 5.56 Å². The Morgan fingerprint density at radius 3 is 2.73 bits per heavy atom. The number of hydrogen-bond donors (Lipinski definition) is 1. The third-order valence-electron chi connectivity index (χ3n) is 3.81. The van der Waals surface area contributed by atoms with Crippen molar-refractivity contribution in [2.75, 3.05) is 36.0 Å². The zero-order chi connectivity index (χ0) is 14.9. The van der Waals surface area contributed by atoms with Crippen LogP contribution < -0.4 is 15.4 Å². The average Bonchev–Trinajstić information content (AvgIpc) is 3.04. The lowest BCUT2D eigenvalue weighted by Crippen LogP contribution is -2.47. The molecule has 0 bridgehead atoms. The van der Waals surface area contributed by atoms with Crippen LogP contribution in [0.15, 0.2) is 35.0 Å². The standard InChI is InChI=1S/C14H14N6OS/c21-12-7-11(15-8-16-12)19-2-4-20(5-3-19)13-10-1-6-22-14(10)18-9-17-13/h1,6-9H,2-5H2,(H,15,16,21). The first-order chi connectivity index (χ1) is 10.8. The van der Waals surface area contributed by atoms with E-state index in [4.69, 9.17) is 0 Å². The Labute approximate surface area is 130 Å². The number of anilines is 2. The van der Waals surface area contributed by atoms with Gasteiger partial charge in [-0.25, -0.2) is 15.0 Å². The van der Waals surface area contributed by atoms with Crippen LogP contribution in [0.4, 0.5) is 11.6 Å². The Balaban J connectivity index is 1.54. The van der Waals surface area contributed by atoms with Gasteiger partial charge in [0.2, 0.25) is 0 Å². The van der Waals surface area contributed by atoms with E-state index in [2.05, 4.69) is 35.8 Å². The van der Waals surface area contributed by atoms with Gasteiger partial charge in [-0.1, -0.05) is 0 Å². The predicted molar refractivity (Wildman–Crippen MR) is 86.7 cm³/mol. The van der Waals surface area contributed by atoms with E-state index in [9.17, 15) is 4.79 Å². The molecule has 1 aliphatic heterocycles. The molecule has 8 heteroatoms. The number of nitrogens with one attached hydrogen (secondary N) is 1. The Hall–Kier alpha value is -2.48. The summed E-state index contributed by atoms with van der Waals surface area (Å²) in [5, 5.41) is 3.15. The molecule has 0 amide bonds. The van der Waals surface area contributed by atoms with Gasteiger partial charge in [0.1, 0.15) is 22.8 Å². The van der Waals surface area contributed by atoms with Gasteiger partial charge < -0.3 is 14.8 Å². The molecule has 22 heavy (non-hydrogen) atoms. The fraction of sp³-hybridized carbons (Fsp3) is 0.286. The third-order valence-corrected chi connectivity index (χ3v) is 4.63. The Bertz CT molecular complexity index is 851. The smallest absolute Gasteiger partial charge is 0.252 e. The van der Waals surface area contributed by atoms with Crippen molar-refractivity contribution in [3.05, 3.63) is 40.5 Å². The summed E-state index contributed by atoms with van der Waals surface area (Å²) in [5.74, 6) is 1.72. The minimum absolute atomic E-state index is 0.122. The molecule has 0 radical (unpaired) electrons. The monoisotopic (exact) mass is 314 g/mol. The van der Waals surface area contributed by atoms with Crippen molar-refractivity contribution in [3.8, 4) is 0 Å². The lowest BCUT2D eigenvalue weighted by atomic mass is 10.2. The van der Waals surface area contributed by atoms with Gasteiger partial charge in [0, 0.05) is 32.2 Å². The quantitative estimate of drug-likeness (QED) is 0.763. The maximum atomic E-state index is 11.4. The van der Waals surface area contributed by atoms with Crippen LogP contribution in [0, 0.1) is 0 Å². The van der Waals surface area contributed by atoms with Gasteiger partial charge in [-0.05, 0) is 11.4 Å². The van der Waals surface area contributed by atoms with Crippen LogP contribution >= 0.6 is 11.3 Å². The second-order valence-electron chi connectivity index (χ2n) is 5.08. The summed E-state index contributed by atoms with van der Waals surface area (Å²) in [5.41, 5.74) is -0.122. The third kappa shape index (κ3) is 2.31. The lowest BCUT2D eigenvalue weighted by Gasteiger charge is -2.36. The fourth-order valence-corrected chi connectivity index (χ4v) is 3.43. The molecule has 7 nitrogen and oxygen atoms in total. The van der Waals surface area contributed by atoms with E-state index in [1.54, 1.807) is 17.7 Å². The normalized spacial score (nSPS) is 15.5. The van der Waals surface area contributed by atoms with Gasteiger partial charge in [-0.15, -0.1) is 11.3 Å². The molecule has 1 saturated heterocycles. The number of piperazine rings is 1. The molecule has 4 rings (SSSR count). The van der Waals surface area contributed by atoms with Crippen LogP contribution in [0.5, 0.6) is 0 Å². The summed E-state index contributed by atoms with van der Waals surface area (Å²) < 4.78 is 0. The van der Waals surface area contributed by atoms with Gasteiger partial charge in [-0.3, -0.25) is 4.79 Å². The molecule has 112 valence electrons. The van der Waals surface area contributed by atoms with Crippen LogP contribution in [0.3, 0.4) is 0 Å². The van der Waals surface area contributed by atoms with Crippen LogP contribution in [0.1, 0.15) is 0 Å². The summed E-state index contributed by atoms with van der Waals surface area (Å²) in [6.45, 7) is 3.31. The fourth-order valence-electron chi connectivity index (χ4n) is 2.71. The summed E-state index contributed by atoms with van der Waals surface area (Å²) in [4.78, 5) is 32.3. The maximum absolute atomic E-state index is 11.4. The molecule has 0 saturated carbocycles. The highest BCUT2D eigenvalue weighted by atomic mass is 32.1. The molecular weight excluding hydrogens is 300 g/mol. The molecule has 0 spiro atoms. The number of rotatable bonds is 2. The van der Waals surface area contributed by atoms with E-state index < -0.39 is 0 Å². The topological polar surface area (TPSA) is 78.0 Å². The van der Waals surface area contributed by atoms with Crippen molar-refractivity contribution in [1.29, 1.82) is 0 Å². The van der Waals surface area contributed by atoms with Crippen molar-refractivity contribution < 1.29 is 0 Å². The number of nitrogens with zero attached hydrogens (tertiary/aromatic N) is 5. The Kier molecular flexibility index (Phi) is 3.23. The van der Waals surface area contributed by atoms with Crippen molar-refractivity contribution in [1.82, 2.24) is 19.9 Å². The zero-order valence-electron chi connectivity index (χ0n) is 11.8. The summed E-state index contributed by atoms with van der Waals surface area (Å²) in [6, 6.07) is 3.61. The van der Waals surface area contributed by atoms with E-state index in [0.717, 1.165) is 48.0 Å². The predicted octanol–water partition coefficient (Wildman–Crippen LogP) is 1.10. The van der Waals surface area contributed by atoms with Crippen LogP contribution in [-0.4, -0.2) is 46.1 Å². The van der Waals surface area contributed by atoms with E-state index in [1.165, 1.54) is 12.4 Å². The van der Waals surface area contributed by atoms with E-state index >= 15 is 0 Å². The highest BCUT2D eigenvalue weighted by molar-refractivity contribution is 7.16. The van der Waals surface area contributed by atoms with E-state index in [1.807, 2.05) is 5.38 Å². The average molecular weight is 314 g/mol. The highest BCUT2D eigenvalue weighted by Gasteiger charge is 2.21. The molecule has 1 N–H and O–H groups in total.